The molecule has 7 aromatic carbocycles. The van der Waals surface area contributed by atoms with Crippen LogP contribution in [0.2, 0.25) is 0 Å². The number of benzene rings is 7. The third kappa shape index (κ3) is 2.50. The predicted octanol–water partition coefficient (Wildman–Crippen LogP) is 10.6. The Morgan fingerprint density at radius 1 is 0.368 bits per heavy atom. The Kier molecular flexibility index (Phi) is 3.99. The summed E-state index contributed by atoms with van der Waals surface area (Å²) in [5.74, 6) is 0. The van der Waals surface area contributed by atoms with Crippen LogP contribution in [0.5, 0.6) is 0 Å². The number of thiophene rings is 1. The fourth-order valence-corrected chi connectivity index (χ4v) is 7.90. The molecule has 2 heteroatoms. The first kappa shape index (κ1) is 20.4. The van der Waals surface area contributed by atoms with Gasteiger partial charge in [-0.15, -0.1) is 11.3 Å². The van der Waals surface area contributed by atoms with Crippen molar-refractivity contribution in [3.05, 3.63) is 127 Å². The Hall–Kier alpha value is -4.66. The van der Waals surface area contributed by atoms with Crippen LogP contribution in [0, 0.1) is 0 Å². The second kappa shape index (κ2) is 7.44. The summed E-state index contributed by atoms with van der Waals surface area (Å²) in [4.78, 5) is 0. The summed E-state index contributed by atoms with van der Waals surface area (Å²) in [5.41, 5.74) is 3.77. The van der Waals surface area contributed by atoms with E-state index in [9.17, 15) is 0 Å². The summed E-state index contributed by atoms with van der Waals surface area (Å²) in [6.07, 6.45) is 0. The van der Waals surface area contributed by atoms with Crippen molar-refractivity contribution < 1.29 is 0 Å². The standard InChI is InChI=1S/C36H21NS/c1-2-12-22(13-3-1)37-34-26-17-7-5-15-24(26)23-14-4-6-16-25(23)31(34)33-32-29-20-10-11-21-30(29)38-36(32)28-19-9-8-18-27(28)35(33)37/h1-21H. The highest BCUT2D eigenvalue weighted by atomic mass is 32.1. The quantitative estimate of drug-likeness (QED) is 0.198. The normalized spacial score (nSPS) is 12.2. The van der Waals surface area contributed by atoms with Crippen LogP contribution >= 0.6 is 11.3 Å². The molecule has 2 aromatic heterocycles. The number of hydrogen-bond donors (Lipinski definition) is 0. The van der Waals surface area contributed by atoms with Gasteiger partial charge >= 0.3 is 0 Å². The van der Waals surface area contributed by atoms with Gasteiger partial charge in [-0.2, -0.15) is 0 Å². The number of fused-ring (bicyclic) bond motifs is 15. The minimum Gasteiger partial charge on any atom is -0.308 e. The van der Waals surface area contributed by atoms with E-state index in [2.05, 4.69) is 132 Å². The van der Waals surface area contributed by atoms with E-state index in [1.807, 2.05) is 11.3 Å². The highest BCUT2D eigenvalue weighted by molar-refractivity contribution is 7.27. The number of hydrogen-bond acceptors (Lipinski definition) is 1. The lowest BCUT2D eigenvalue weighted by Gasteiger charge is -2.12. The summed E-state index contributed by atoms with van der Waals surface area (Å²) in [5, 5.41) is 13.3. The van der Waals surface area contributed by atoms with Gasteiger partial charge in [0.05, 0.1) is 11.0 Å². The molecule has 1 nitrogen and oxygen atoms in total. The third-order valence-corrected chi connectivity index (χ3v) is 9.33. The van der Waals surface area contributed by atoms with Crippen LogP contribution in [-0.4, -0.2) is 4.57 Å². The SMILES string of the molecule is c1ccc(-n2c3c4ccccc4c4ccccc4c3c3c4c5ccccc5sc4c4ccccc4c32)cc1. The number of aromatic nitrogens is 1. The third-order valence-electron chi connectivity index (χ3n) is 8.13. The Morgan fingerprint density at radius 2 is 0.868 bits per heavy atom. The van der Waals surface area contributed by atoms with Gasteiger partial charge in [-0.05, 0) is 34.4 Å². The molecule has 0 unspecified atom stereocenters. The first-order valence-corrected chi connectivity index (χ1v) is 13.9. The molecule has 0 saturated carbocycles. The molecule has 0 N–H and O–H groups in total. The van der Waals surface area contributed by atoms with E-state index in [-0.39, 0.29) is 0 Å². The van der Waals surface area contributed by atoms with Gasteiger partial charge in [0.2, 0.25) is 0 Å². The Bertz CT molecular complexity index is 2390. The van der Waals surface area contributed by atoms with Gasteiger partial charge in [-0.3, -0.25) is 0 Å². The molecule has 0 amide bonds. The summed E-state index contributed by atoms with van der Waals surface area (Å²) >= 11 is 1.92. The second-order valence-electron chi connectivity index (χ2n) is 10.1. The molecule has 0 aliphatic heterocycles. The molecule has 2 heterocycles. The summed E-state index contributed by atoms with van der Waals surface area (Å²) in [6, 6.07) is 46.6. The van der Waals surface area contributed by atoms with E-state index in [1.54, 1.807) is 0 Å². The summed E-state index contributed by atoms with van der Waals surface area (Å²) in [6.45, 7) is 0. The van der Waals surface area contributed by atoms with Crippen molar-refractivity contribution in [3.8, 4) is 5.69 Å². The topological polar surface area (TPSA) is 4.93 Å². The lowest BCUT2D eigenvalue weighted by atomic mass is 9.94. The Labute approximate surface area is 222 Å². The molecule has 0 atom stereocenters. The zero-order valence-corrected chi connectivity index (χ0v) is 21.3. The van der Waals surface area contributed by atoms with Crippen molar-refractivity contribution in [2.24, 2.45) is 0 Å². The van der Waals surface area contributed by atoms with Crippen LogP contribution in [0.3, 0.4) is 0 Å². The molecule has 0 aliphatic rings. The van der Waals surface area contributed by atoms with Crippen LogP contribution < -0.4 is 0 Å². The van der Waals surface area contributed by atoms with Crippen LogP contribution in [-0.2, 0) is 0 Å². The Morgan fingerprint density at radius 3 is 1.61 bits per heavy atom. The average molecular weight is 500 g/mol. The van der Waals surface area contributed by atoms with E-state index in [4.69, 9.17) is 0 Å². The highest BCUT2D eigenvalue weighted by Gasteiger charge is 2.24. The first-order chi connectivity index (χ1) is 18.9. The number of rotatable bonds is 1. The van der Waals surface area contributed by atoms with E-state index < -0.39 is 0 Å². The number of nitrogens with zero attached hydrogens (tertiary/aromatic N) is 1. The van der Waals surface area contributed by atoms with Gasteiger partial charge in [0.25, 0.3) is 0 Å². The van der Waals surface area contributed by atoms with Crippen LogP contribution in [0.1, 0.15) is 0 Å². The van der Waals surface area contributed by atoms with E-state index in [1.165, 1.54) is 80.0 Å². The minimum atomic E-state index is 1.19. The zero-order valence-electron chi connectivity index (χ0n) is 20.5. The maximum Gasteiger partial charge on any atom is 0.0627 e. The average Bonchev–Trinajstić information content (AvgIpc) is 3.55. The molecule has 0 radical (unpaired) electrons. The van der Waals surface area contributed by atoms with Gasteiger partial charge in [-0.1, -0.05) is 109 Å². The fourth-order valence-electron chi connectivity index (χ4n) is 6.65. The van der Waals surface area contributed by atoms with Crippen molar-refractivity contribution in [2.75, 3.05) is 0 Å². The lowest BCUT2D eigenvalue weighted by molar-refractivity contribution is 1.19. The van der Waals surface area contributed by atoms with Gasteiger partial charge in [-0.25, -0.2) is 0 Å². The fraction of sp³-hybridized carbons (Fsp3) is 0. The van der Waals surface area contributed by atoms with Gasteiger partial charge in [0, 0.05) is 52.8 Å². The van der Waals surface area contributed by atoms with E-state index >= 15 is 0 Å². The molecule has 176 valence electrons. The zero-order chi connectivity index (χ0) is 24.8. The molecule has 9 rings (SSSR count). The molecular weight excluding hydrogens is 478 g/mol. The van der Waals surface area contributed by atoms with Crippen molar-refractivity contribution in [1.29, 1.82) is 0 Å². The maximum atomic E-state index is 2.54. The molecule has 0 saturated heterocycles. The maximum absolute atomic E-state index is 2.54. The van der Waals surface area contributed by atoms with Gasteiger partial charge in [0.15, 0.2) is 0 Å². The van der Waals surface area contributed by atoms with E-state index in [0.717, 1.165) is 0 Å². The summed E-state index contributed by atoms with van der Waals surface area (Å²) in [7, 11) is 0. The van der Waals surface area contributed by atoms with Crippen LogP contribution in [0.15, 0.2) is 127 Å². The van der Waals surface area contributed by atoms with Crippen LogP contribution in [0.25, 0.3) is 80.0 Å². The minimum absolute atomic E-state index is 1.19. The molecule has 0 bridgehead atoms. The highest BCUT2D eigenvalue weighted by Crippen LogP contribution is 2.50. The van der Waals surface area contributed by atoms with Crippen molar-refractivity contribution in [2.45, 2.75) is 0 Å². The second-order valence-corrected chi connectivity index (χ2v) is 11.1. The van der Waals surface area contributed by atoms with Crippen molar-refractivity contribution in [3.63, 3.8) is 0 Å². The molecule has 0 aliphatic carbocycles. The molecular formula is C36H21NS. The molecule has 0 fully saturated rings. The smallest absolute Gasteiger partial charge is 0.0627 e. The molecule has 0 spiro atoms. The largest absolute Gasteiger partial charge is 0.308 e. The predicted molar refractivity (Wildman–Crippen MR) is 166 cm³/mol. The lowest BCUT2D eigenvalue weighted by Crippen LogP contribution is -1.95. The Balaban J connectivity index is 1.76. The van der Waals surface area contributed by atoms with Crippen molar-refractivity contribution >= 4 is 85.6 Å². The first-order valence-electron chi connectivity index (χ1n) is 13.0. The van der Waals surface area contributed by atoms with Gasteiger partial charge < -0.3 is 4.57 Å². The summed E-state index contributed by atoms with van der Waals surface area (Å²) < 4.78 is 5.25. The number of para-hydroxylation sites is 1. The molecule has 38 heavy (non-hydrogen) atoms. The monoisotopic (exact) mass is 499 g/mol. The van der Waals surface area contributed by atoms with Gasteiger partial charge in [0.1, 0.15) is 0 Å². The van der Waals surface area contributed by atoms with Crippen molar-refractivity contribution in [1.82, 2.24) is 4.57 Å². The van der Waals surface area contributed by atoms with E-state index in [0.29, 0.717) is 0 Å². The van der Waals surface area contributed by atoms with Crippen LogP contribution in [0.4, 0.5) is 0 Å². The molecule has 9 aromatic rings.